The van der Waals surface area contributed by atoms with Gasteiger partial charge in [0.1, 0.15) is 0 Å². The fraction of sp³-hybridized carbons (Fsp3) is 0.444. The molecule has 2 rings (SSSR count). The molecule has 1 heterocycles. The number of rotatable bonds is 5. The molecule has 0 radical (unpaired) electrons. The maximum atomic E-state index is 11.7. The van der Waals surface area contributed by atoms with Gasteiger partial charge in [-0.2, -0.15) is 0 Å². The second-order valence-electron chi connectivity index (χ2n) is 7.32. The van der Waals surface area contributed by atoms with Crippen LogP contribution in [0.15, 0.2) is 29.7 Å². The van der Waals surface area contributed by atoms with Gasteiger partial charge in [0.25, 0.3) is 5.91 Å². The molecule has 0 saturated carbocycles. The van der Waals surface area contributed by atoms with Crippen LogP contribution in [0.4, 0.5) is 0 Å². The van der Waals surface area contributed by atoms with Crippen LogP contribution in [0.3, 0.4) is 0 Å². The number of hydrazine groups is 1. The van der Waals surface area contributed by atoms with Gasteiger partial charge < -0.3 is 14.6 Å². The number of nitrogens with one attached hydrogen (secondary N) is 2. The summed E-state index contributed by atoms with van der Waals surface area (Å²) >= 11 is 0. The first-order valence-corrected chi connectivity index (χ1v) is 8.47. The van der Waals surface area contributed by atoms with Crippen molar-refractivity contribution in [1.29, 1.82) is 0 Å². The van der Waals surface area contributed by atoms with Crippen molar-refractivity contribution in [2.45, 2.75) is 45.8 Å². The first-order valence-electron chi connectivity index (χ1n) is 8.47. The van der Waals surface area contributed by atoms with Crippen LogP contribution in [-0.2, 0) is 14.1 Å². The van der Waals surface area contributed by atoms with Crippen LogP contribution in [0.25, 0.3) is 6.08 Å². The fourth-order valence-corrected chi connectivity index (χ4v) is 2.49. The Hall–Kier alpha value is -2.16. The summed E-state index contributed by atoms with van der Waals surface area (Å²) in [5, 5.41) is 2.78. The van der Waals surface area contributed by atoms with Crippen molar-refractivity contribution in [2.75, 3.05) is 6.54 Å². The Morgan fingerprint density at radius 2 is 1.81 bits per heavy atom. The van der Waals surface area contributed by atoms with Crippen LogP contribution >= 0.6 is 0 Å². The summed E-state index contributed by atoms with van der Waals surface area (Å²) in [7, 11) is -0.598. The predicted molar refractivity (Wildman–Crippen MR) is 101 cm³/mol. The maximum absolute atomic E-state index is 11.7. The molecule has 0 unspecified atom stereocenters. The number of hydrogen-bond acceptors (Lipinski definition) is 5. The highest BCUT2D eigenvalue weighted by Gasteiger charge is 2.52. The number of nitrogens with two attached hydrogens (primary N) is 1. The first kappa shape index (κ1) is 20.2. The Labute approximate surface area is 154 Å². The quantitative estimate of drug-likeness (QED) is 0.320. The molecule has 7 nitrogen and oxygen atoms in total. The average molecular weight is 359 g/mol. The Kier molecular flexibility index (Phi) is 5.90. The molecular weight excluding hydrogens is 333 g/mol. The van der Waals surface area contributed by atoms with E-state index in [4.69, 9.17) is 15.2 Å². The van der Waals surface area contributed by atoms with Crippen molar-refractivity contribution in [3.63, 3.8) is 0 Å². The second-order valence-corrected chi connectivity index (χ2v) is 7.32. The Balaban J connectivity index is 2.35. The van der Waals surface area contributed by atoms with E-state index in [1.165, 1.54) is 6.92 Å². The van der Waals surface area contributed by atoms with Gasteiger partial charge in [-0.25, -0.2) is 5.84 Å². The van der Waals surface area contributed by atoms with E-state index in [9.17, 15) is 9.59 Å². The largest absolute Gasteiger partial charge is 0.492 e. The van der Waals surface area contributed by atoms with Crippen LogP contribution in [-0.4, -0.2) is 36.7 Å². The van der Waals surface area contributed by atoms with E-state index in [2.05, 4.69) is 10.7 Å². The third-order valence-electron chi connectivity index (χ3n) is 4.73. The highest BCUT2D eigenvalue weighted by atomic mass is 16.7. The van der Waals surface area contributed by atoms with Crippen LogP contribution < -0.4 is 16.6 Å². The lowest BCUT2D eigenvalue weighted by Crippen LogP contribution is -2.41. The summed E-state index contributed by atoms with van der Waals surface area (Å²) in [5.74, 6) is 4.67. The summed E-state index contributed by atoms with van der Waals surface area (Å²) in [6, 6.07) is 6.99. The molecule has 1 aromatic carbocycles. The van der Waals surface area contributed by atoms with Gasteiger partial charge in [-0.05, 0) is 50.9 Å². The van der Waals surface area contributed by atoms with E-state index in [1.807, 2.05) is 39.8 Å². The van der Waals surface area contributed by atoms with Gasteiger partial charge in [0, 0.05) is 19.0 Å². The zero-order valence-electron chi connectivity index (χ0n) is 15.9. The molecule has 4 N–H and O–H groups in total. The maximum Gasteiger partial charge on any atom is 0.492 e. The third-order valence-corrected chi connectivity index (χ3v) is 4.73. The van der Waals surface area contributed by atoms with E-state index in [0.29, 0.717) is 5.56 Å². The summed E-state index contributed by atoms with van der Waals surface area (Å²) in [5.41, 5.74) is 3.10. The molecule has 1 aliphatic rings. The molecule has 0 spiro atoms. The van der Waals surface area contributed by atoms with Crippen molar-refractivity contribution in [3.05, 3.63) is 40.9 Å². The predicted octanol–water partition coefficient (Wildman–Crippen LogP) is 1.44. The van der Waals surface area contributed by atoms with Gasteiger partial charge >= 0.3 is 7.12 Å². The molecule has 0 aliphatic carbocycles. The number of carbonyl (C=O) groups is 2. The molecule has 0 aromatic heterocycles. The van der Waals surface area contributed by atoms with E-state index >= 15 is 0 Å². The lowest BCUT2D eigenvalue weighted by atomic mass is 9.77. The van der Waals surface area contributed by atoms with E-state index in [1.54, 1.807) is 18.2 Å². The van der Waals surface area contributed by atoms with Gasteiger partial charge in [0.05, 0.1) is 11.2 Å². The number of benzene rings is 1. The topological polar surface area (TPSA) is 103 Å². The number of nitrogen functional groups attached to an aromatic ring is 1. The van der Waals surface area contributed by atoms with Gasteiger partial charge in [0.15, 0.2) is 0 Å². The standard InChI is InChI=1S/C18H26BN3O4/c1-12(23)21-11-15(19-25-17(2,3)18(4,5)26-19)10-13-7-6-8-14(9-13)16(24)22-20/h6-10H,11,20H2,1-5H3,(H,21,23)(H,22,24). The third kappa shape index (κ3) is 4.52. The minimum Gasteiger partial charge on any atom is -0.400 e. The summed E-state index contributed by atoms with van der Waals surface area (Å²) in [6.45, 7) is 9.60. The Morgan fingerprint density at radius 3 is 2.35 bits per heavy atom. The number of carbonyl (C=O) groups excluding carboxylic acids is 2. The minimum atomic E-state index is -0.598. The van der Waals surface area contributed by atoms with E-state index < -0.39 is 18.3 Å². The highest BCUT2D eigenvalue weighted by molar-refractivity contribution is 6.56. The van der Waals surface area contributed by atoms with Crippen molar-refractivity contribution >= 4 is 25.0 Å². The molecule has 26 heavy (non-hydrogen) atoms. The van der Waals surface area contributed by atoms with Crippen molar-refractivity contribution in [1.82, 2.24) is 10.7 Å². The molecule has 1 saturated heterocycles. The summed E-state index contributed by atoms with van der Waals surface area (Å²) < 4.78 is 12.2. The monoisotopic (exact) mass is 359 g/mol. The molecule has 8 heteroatoms. The number of hydrogen-bond donors (Lipinski definition) is 3. The smallest absolute Gasteiger partial charge is 0.400 e. The van der Waals surface area contributed by atoms with Gasteiger partial charge in [-0.15, -0.1) is 0 Å². The molecular formula is C18H26BN3O4. The molecule has 0 atom stereocenters. The minimum absolute atomic E-state index is 0.149. The molecule has 1 aromatic rings. The van der Waals surface area contributed by atoms with Gasteiger partial charge in [-0.3, -0.25) is 15.0 Å². The zero-order valence-corrected chi connectivity index (χ0v) is 15.9. The fourth-order valence-electron chi connectivity index (χ4n) is 2.49. The Bertz CT molecular complexity index is 715. The summed E-state index contributed by atoms with van der Waals surface area (Å²) in [6.07, 6.45) is 1.85. The van der Waals surface area contributed by atoms with Crippen LogP contribution in [0, 0.1) is 0 Å². The number of amides is 2. The second kappa shape index (κ2) is 7.61. The van der Waals surface area contributed by atoms with Crippen molar-refractivity contribution in [3.8, 4) is 0 Å². The van der Waals surface area contributed by atoms with E-state index in [-0.39, 0.29) is 18.4 Å². The Morgan fingerprint density at radius 1 is 1.19 bits per heavy atom. The van der Waals surface area contributed by atoms with E-state index in [0.717, 1.165) is 11.0 Å². The van der Waals surface area contributed by atoms with Crippen molar-refractivity contribution in [2.24, 2.45) is 5.84 Å². The SMILES string of the molecule is CC(=O)NCC(=Cc1cccc(C(=O)NN)c1)B1OC(C)(C)C(C)(C)O1. The summed E-state index contributed by atoms with van der Waals surface area (Å²) in [4.78, 5) is 23.1. The lowest BCUT2D eigenvalue weighted by molar-refractivity contribution is -0.118. The molecule has 140 valence electrons. The first-order chi connectivity index (χ1) is 12.1. The zero-order chi connectivity index (χ0) is 19.5. The van der Waals surface area contributed by atoms with Crippen LogP contribution in [0.2, 0.25) is 0 Å². The molecule has 2 amide bonds. The van der Waals surface area contributed by atoms with Gasteiger partial charge in [-0.1, -0.05) is 18.2 Å². The van der Waals surface area contributed by atoms with Crippen molar-refractivity contribution < 1.29 is 18.9 Å². The molecule has 1 fully saturated rings. The lowest BCUT2D eigenvalue weighted by Gasteiger charge is -2.32. The van der Waals surface area contributed by atoms with Crippen LogP contribution in [0.5, 0.6) is 0 Å². The van der Waals surface area contributed by atoms with Gasteiger partial charge in [0.2, 0.25) is 5.91 Å². The average Bonchev–Trinajstić information content (AvgIpc) is 2.78. The molecule has 1 aliphatic heterocycles. The van der Waals surface area contributed by atoms with Crippen LogP contribution in [0.1, 0.15) is 50.5 Å². The highest BCUT2D eigenvalue weighted by Crippen LogP contribution is 2.38. The normalized spacial score (nSPS) is 18.5. The molecule has 0 bridgehead atoms.